The number of benzene rings is 1. The van der Waals surface area contributed by atoms with Crippen LogP contribution in [-0.2, 0) is 14.3 Å². The number of dihydropyridines is 1. The Bertz CT molecular complexity index is 1000. The minimum Gasteiger partial charge on any atom is -0.462 e. The van der Waals surface area contributed by atoms with E-state index in [0.717, 1.165) is 0 Å². The highest BCUT2D eigenvalue weighted by atomic mass is 19.1. The first-order valence-electron chi connectivity index (χ1n) is 9.81. The van der Waals surface area contributed by atoms with Gasteiger partial charge in [-0.3, -0.25) is 9.59 Å². The maximum Gasteiger partial charge on any atom is 0.240 e. The standard InChI is InChI=1S/C23H25FN4O3/c1-3-17(7-4-15(2)31-19-10-13-26-20(25)14-19)27-21(29)23(11-12-23)22(30)28-18-8-5-16(24)6-9-18/h3-10,14,26H,1,11-13,25H2,2H3,(H,27,29)(H,28,30)/b15-4+,17-7+. The lowest BCUT2D eigenvalue weighted by atomic mass is 10.0. The van der Waals surface area contributed by atoms with Crippen LogP contribution in [0.4, 0.5) is 10.1 Å². The molecular formula is C23H25FN4O3. The molecule has 0 spiro atoms. The Labute approximate surface area is 180 Å². The van der Waals surface area contributed by atoms with Gasteiger partial charge in [-0.25, -0.2) is 4.39 Å². The molecule has 2 amide bonds. The number of anilines is 1. The van der Waals surface area contributed by atoms with Crippen LogP contribution in [0, 0.1) is 11.2 Å². The molecule has 2 aliphatic rings. The van der Waals surface area contributed by atoms with Crippen LogP contribution < -0.4 is 21.7 Å². The molecule has 1 aromatic carbocycles. The third kappa shape index (κ3) is 5.63. The number of carbonyl (C=O) groups is 2. The molecule has 3 rings (SSSR count). The maximum atomic E-state index is 13.0. The molecule has 7 nitrogen and oxygen atoms in total. The number of carbonyl (C=O) groups excluding carboxylic acids is 2. The SMILES string of the molecule is C=C/C(=C\C=C(/C)OC1=CCNC(N)=C1)NC(=O)C1(C(=O)Nc2ccc(F)cc2)CC1. The van der Waals surface area contributed by atoms with E-state index in [1.807, 2.05) is 6.08 Å². The Morgan fingerprint density at radius 1 is 1.23 bits per heavy atom. The predicted molar refractivity (Wildman–Crippen MR) is 116 cm³/mol. The molecule has 0 radical (unpaired) electrons. The fraction of sp³-hybridized carbons (Fsp3) is 0.217. The summed E-state index contributed by atoms with van der Waals surface area (Å²) in [7, 11) is 0. The Morgan fingerprint density at radius 3 is 2.55 bits per heavy atom. The van der Waals surface area contributed by atoms with E-state index in [9.17, 15) is 14.0 Å². The van der Waals surface area contributed by atoms with Crippen molar-refractivity contribution in [2.24, 2.45) is 11.1 Å². The van der Waals surface area contributed by atoms with Crippen molar-refractivity contribution in [2.45, 2.75) is 19.8 Å². The summed E-state index contributed by atoms with van der Waals surface area (Å²) in [4.78, 5) is 25.4. The van der Waals surface area contributed by atoms with Crippen molar-refractivity contribution in [3.63, 3.8) is 0 Å². The minimum absolute atomic E-state index is 0.402. The van der Waals surface area contributed by atoms with E-state index >= 15 is 0 Å². The van der Waals surface area contributed by atoms with Crippen LogP contribution >= 0.6 is 0 Å². The molecule has 0 saturated heterocycles. The van der Waals surface area contributed by atoms with E-state index in [0.29, 0.717) is 48.1 Å². The quantitative estimate of drug-likeness (QED) is 0.292. The molecule has 0 aromatic heterocycles. The summed E-state index contributed by atoms with van der Waals surface area (Å²) in [6.45, 7) is 6.05. The van der Waals surface area contributed by atoms with Crippen LogP contribution in [0.2, 0.25) is 0 Å². The van der Waals surface area contributed by atoms with Crippen LogP contribution in [0.1, 0.15) is 19.8 Å². The van der Waals surface area contributed by atoms with Crippen molar-refractivity contribution >= 4 is 17.5 Å². The second-order valence-electron chi connectivity index (χ2n) is 7.29. The first-order chi connectivity index (χ1) is 14.8. The number of halogens is 1. The lowest BCUT2D eigenvalue weighted by Gasteiger charge is -2.16. The highest BCUT2D eigenvalue weighted by molar-refractivity contribution is 6.13. The van der Waals surface area contributed by atoms with Gasteiger partial charge in [0.1, 0.15) is 22.8 Å². The minimum atomic E-state index is -1.14. The number of rotatable bonds is 8. The zero-order valence-corrected chi connectivity index (χ0v) is 17.2. The van der Waals surface area contributed by atoms with E-state index in [1.165, 1.54) is 30.3 Å². The molecular weight excluding hydrogens is 399 g/mol. The lowest BCUT2D eigenvalue weighted by Crippen LogP contribution is -2.39. The van der Waals surface area contributed by atoms with Gasteiger partial charge >= 0.3 is 0 Å². The van der Waals surface area contributed by atoms with Crippen LogP contribution in [0.3, 0.4) is 0 Å². The molecule has 162 valence electrons. The Kier molecular flexibility index (Phi) is 6.59. The molecule has 1 aliphatic carbocycles. The maximum absolute atomic E-state index is 13.0. The van der Waals surface area contributed by atoms with E-state index in [4.69, 9.17) is 10.5 Å². The van der Waals surface area contributed by atoms with E-state index in [2.05, 4.69) is 22.5 Å². The molecule has 31 heavy (non-hydrogen) atoms. The fourth-order valence-corrected chi connectivity index (χ4v) is 2.91. The average molecular weight is 424 g/mol. The first-order valence-corrected chi connectivity index (χ1v) is 9.81. The summed E-state index contributed by atoms with van der Waals surface area (Å²) < 4.78 is 18.7. The lowest BCUT2D eigenvalue weighted by molar-refractivity contribution is -0.133. The van der Waals surface area contributed by atoms with Crippen molar-refractivity contribution < 1.29 is 18.7 Å². The van der Waals surface area contributed by atoms with Crippen molar-refractivity contribution in [1.82, 2.24) is 10.6 Å². The zero-order chi connectivity index (χ0) is 22.4. The van der Waals surface area contributed by atoms with Gasteiger partial charge in [0.25, 0.3) is 0 Å². The van der Waals surface area contributed by atoms with Gasteiger partial charge in [0, 0.05) is 24.0 Å². The molecule has 0 bridgehead atoms. The summed E-state index contributed by atoms with van der Waals surface area (Å²) in [6, 6.07) is 5.39. The van der Waals surface area contributed by atoms with Gasteiger partial charge in [-0.15, -0.1) is 0 Å². The molecule has 0 unspecified atom stereocenters. The highest BCUT2D eigenvalue weighted by Crippen LogP contribution is 2.47. The van der Waals surface area contributed by atoms with E-state index in [-0.39, 0.29) is 0 Å². The van der Waals surface area contributed by atoms with Crippen LogP contribution in [0.25, 0.3) is 0 Å². The molecule has 8 heteroatoms. The van der Waals surface area contributed by atoms with Gasteiger partial charge in [-0.2, -0.15) is 0 Å². The smallest absolute Gasteiger partial charge is 0.240 e. The highest BCUT2D eigenvalue weighted by Gasteiger charge is 2.56. The monoisotopic (exact) mass is 424 g/mol. The van der Waals surface area contributed by atoms with Crippen LogP contribution in [-0.4, -0.2) is 18.4 Å². The number of nitrogens with one attached hydrogen (secondary N) is 3. The number of hydrogen-bond acceptors (Lipinski definition) is 5. The largest absolute Gasteiger partial charge is 0.462 e. The van der Waals surface area contributed by atoms with Crippen LogP contribution in [0.5, 0.6) is 0 Å². The number of allylic oxidation sites excluding steroid dienone is 5. The number of hydrogen-bond donors (Lipinski definition) is 4. The fourth-order valence-electron chi connectivity index (χ4n) is 2.91. The van der Waals surface area contributed by atoms with Crippen molar-refractivity contribution in [3.8, 4) is 0 Å². The second-order valence-corrected chi connectivity index (χ2v) is 7.29. The van der Waals surface area contributed by atoms with Gasteiger partial charge in [-0.1, -0.05) is 6.58 Å². The van der Waals surface area contributed by atoms with E-state index < -0.39 is 23.0 Å². The van der Waals surface area contributed by atoms with Crippen molar-refractivity contribution in [2.75, 3.05) is 11.9 Å². The Balaban J connectivity index is 1.61. The molecule has 1 heterocycles. The predicted octanol–water partition coefficient (Wildman–Crippen LogP) is 2.94. The summed E-state index contributed by atoms with van der Waals surface area (Å²) >= 11 is 0. The number of nitrogens with two attached hydrogens (primary N) is 1. The Hall–Kier alpha value is -3.81. The molecule has 1 aliphatic heterocycles. The topological polar surface area (TPSA) is 105 Å². The third-order valence-electron chi connectivity index (χ3n) is 4.88. The van der Waals surface area contributed by atoms with Gasteiger partial charge in [0.15, 0.2) is 0 Å². The first kappa shape index (κ1) is 21.9. The molecule has 5 N–H and O–H groups in total. The van der Waals surface area contributed by atoms with Gasteiger partial charge < -0.3 is 26.4 Å². The van der Waals surface area contributed by atoms with Gasteiger partial charge in [0.05, 0.1) is 5.82 Å². The van der Waals surface area contributed by atoms with Gasteiger partial charge in [0.2, 0.25) is 11.8 Å². The number of amides is 2. The molecule has 1 aromatic rings. The van der Waals surface area contributed by atoms with Crippen molar-refractivity contribution in [1.29, 1.82) is 0 Å². The molecule has 1 fully saturated rings. The third-order valence-corrected chi connectivity index (χ3v) is 4.88. The van der Waals surface area contributed by atoms with Gasteiger partial charge in [-0.05, 0) is 68.3 Å². The van der Waals surface area contributed by atoms with Crippen LogP contribution in [0.15, 0.2) is 84.3 Å². The zero-order valence-electron chi connectivity index (χ0n) is 17.2. The van der Waals surface area contributed by atoms with E-state index in [1.54, 1.807) is 25.2 Å². The summed E-state index contributed by atoms with van der Waals surface area (Å²) in [6.07, 6.45) is 9.21. The Morgan fingerprint density at radius 2 is 1.94 bits per heavy atom. The number of ether oxygens (including phenoxy) is 1. The summed E-state index contributed by atoms with van der Waals surface area (Å²) in [5.41, 5.74) is 5.43. The summed E-state index contributed by atoms with van der Waals surface area (Å²) in [5.74, 6) is 0.492. The summed E-state index contributed by atoms with van der Waals surface area (Å²) in [5, 5.41) is 8.36. The average Bonchev–Trinajstić information content (AvgIpc) is 3.55. The molecule has 0 atom stereocenters. The normalized spacial score (nSPS) is 17.5. The molecule has 1 saturated carbocycles. The van der Waals surface area contributed by atoms with Crippen molar-refractivity contribution in [3.05, 3.63) is 90.1 Å². The second kappa shape index (κ2) is 9.34.